The van der Waals surface area contributed by atoms with E-state index in [0.717, 1.165) is 6.61 Å². The van der Waals surface area contributed by atoms with Crippen LogP contribution >= 0.6 is 0 Å². The van der Waals surface area contributed by atoms with Gasteiger partial charge in [0.25, 0.3) is 0 Å². The van der Waals surface area contributed by atoms with Crippen molar-refractivity contribution in [1.82, 2.24) is 5.32 Å². The molecule has 1 heterocycles. The van der Waals surface area contributed by atoms with Gasteiger partial charge in [0.1, 0.15) is 0 Å². The van der Waals surface area contributed by atoms with E-state index >= 15 is 0 Å². The third-order valence-electron chi connectivity index (χ3n) is 1.86. The number of nitrogens with one attached hydrogen (secondary N) is 1. The van der Waals surface area contributed by atoms with Gasteiger partial charge in [0.05, 0.1) is 12.7 Å². The average molecular weight is 129 g/mol. The van der Waals surface area contributed by atoms with E-state index in [4.69, 9.17) is 4.74 Å². The molecular formula is C7H15NO. The molecule has 2 heteroatoms. The molecule has 0 saturated carbocycles. The SMILES string of the molecule is C[C@@H]1CO[C@@H](C)[C@@H](C)N1. The summed E-state index contributed by atoms with van der Waals surface area (Å²) in [5.74, 6) is 0. The summed E-state index contributed by atoms with van der Waals surface area (Å²) >= 11 is 0. The predicted molar refractivity (Wildman–Crippen MR) is 37.5 cm³/mol. The molecule has 0 bridgehead atoms. The van der Waals surface area contributed by atoms with Gasteiger partial charge < -0.3 is 10.1 Å². The van der Waals surface area contributed by atoms with Crippen molar-refractivity contribution >= 4 is 0 Å². The van der Waals surface area contributed by atoms with Crippen LogP contribution in [0.25, 0.3) is 0 Å². The number of morpholine rings is 1. The van der Waals surface area contributed by atoms with Gasteiger partial charge in [0.15, 0.2) is 0 Å². The van der Waals surface area contributed by atoms with Crippen molar-refractivity contribution in [2.75, 3.05) is 6.61 Å². The molecule has 1 fully saturated rings. The first kappa shape index (κ1) is 7.03. The monoisotopic (exact) mass is 129 g/mol. The van der Waals surface area contributed by atoms with Crippen molar-refractivity contribution in [3.05, 3.63) is 0 Å². The van der Waals surface area contributed by atoms with Crippen molar-refractivity contribution in [3.8, 4) is 0 Å². The molecule has 1 aliphatic rings. The van der Waals surface area contributed by atoms with E-state index in [2.05, 4.69) is 26.1 Å². The Morgan fingerprint density at radius 2 is 2.00 bits per heavy atom. The van der Waals surface area contributed by atoms with Gasteiger partial charge in [-0.3, -0.25) is 0 Å². The zero-order valence-electron chi connectivity index (χ0n) is 6.35. The lowest BCUT2D eigenvalue weighted by atomic mass is 10.1. The van der Waals surface area contributed by atoms with Crippen LogP contribution in [0.3, 0.4) is 0 Å². The molecule has 1 saturated heterocycles. The molecule has 1 rings (SSSR count). The van der Waals surface area contributed by atoms with Gasteiger partial charge in [-0.2, -0.15) is 0 Å². The molecule has 0 aromatic heterocycles. The maximum absolute atomic E-state index is 5.44. The molecule has 1 N–H and O–H groups in total. The Bertz CT molecular complexity index is 94.9. The highest BCUT2D eigenvalue weighted by Gasteiger charge is 2.20. The topological polar surface area (TPSA) is 21.3 Å². The minimum Gasteiger partial charge on any atom is -0.375 e. The Balaban J connectivity index is 2.35. The minimum absolute atomic E-state index is 0.376. The fraction of sp³-hybridized carbons (Fsp3) is 1.00. The van der Waals surface area contributed by atoms with Gasteiger partial charge in [0.2, 0.25) is 0 Å². The minimum atomic E-state index is 0.376. The van der Waals surface area contributed by atoms with Gasteiger partial charge in [-0.1, -0.05) is 0 Å². The van der Waals surface area contributed by atoms with E-state index in [9.17, 15) is 0 Å². The third kappa shape index (κ3) is 1.66. The average Bonchev–Trinajstić information content (AvgIpc) is 1.80. The second-order valence-corrected chi connectivity index (χ2v) is 2.89. The Morgan fingerprint density at radius 1 is 1.33 bits per heavy atom. The number of hydrogen-bond donors (Lipinski definition) is 1. The first-order valence-electron chi connectivity index (χ1n) is 3.58. The third-order valence-corrected chi connectivity index (χ3v) is 1.86. The van der Waals surface area contributed by atoms with Crippen LogP contribution < -0.4 is 5.32 Å². The number of rotatable bonds is 0. The van der Waals surface area contributed by atoms with Gasteiger partial charge in [-0.05, 0) is 20.8 Å². The Kier molecular flexibility index (Phi) is 2.09. The van der Waals surface area contributed by atoms with Crippen LogP contribution in [-0.2, 0) is 4.74 Å². The Labute approximate surface area is 56.6 Å². The van der Waals surface area contributed by atoms with Gasteiger partial charge in [-0.15, -0.1) is 0 Å². The van der Waals surface area contributed by atoms with E-state index in [0.29, 0.717) is 18.2 Å². The highest BCUT2D eigenvalue weighted by Crippen LogP contribution is 2.05. The van der Waals surface area contributed by atoms with Crippen molar-refractivity contribution in [3.63, 3.8) is 0 Å². The summed E-state index contributed by atoms with van der Waals surface area (Å²) in [7, 11) is 0. The molecule has 0 radical (unpaired) electrons. The van der Waals surface area contributed by atoms with Crippen LogP contribution in [0.4, 0.5) is 0 Å². The molecule has 0 aromatic carbocycles. The summed E-state index contributed by atoms with van der Waals surface area (Å²) in [6.07, 6.45) is 0.376. The first-order chi connectivity index (χ1) is 4.20. The molecule has 9 heavy (non-hydrogen) atoms. The highest BCUT2D eigenvalue weighted by atomic mass is 16.5. The van der Waals surface area contributed by atoms with Crippen LogP contribution in [-0.4, -0.2) is 24.8 Å². The Hall–Kier alpha value is -0.0800. The molecule has 0 spiro atoms. The molecule has 1 aliphatic heterocycles. The van der Waals surface area contributed by atoms with Gasteiger partial charge >= 0.3 is 0 Å². The van der Waals surface area contributed by atoms with E-state index in [1.165, 1.54) is 0 Å². The maximum Gasteiger partial charge on any atom is 0.0698 e. The summed E-state index contributed by atoms with van der Waals surface area (Å²) in [5.41, 5.74) is 0. The molecular weight excluding hydrogens is 114 g/mol. The molecule has 0 unspecified atom stereocenters. The molecule has 3 atom stereocenters. The van der Waals surface area contributed by atoms with Crippen molar-refractivity contribution < 1.29 is 4.74 Å². The van der Waals surface area contributed by atoms with Crippen molar-refractivity contribution in [2.45, 2.75) is 39.0 Å². The fourth-order valence-electron chi connectivity index (χ4n) is 1.07. The van der Waals surface area contributed by atoms with Crippen LogP contribution in [0, 0.1) is 0 Å². The van der Waals surface area contributed by atoms with Crippen LogP contribution in [0.15, 0.2) is 0 Å². The zero-order valence-corrected chi connectivity index (χ0v) is 6.35. The quantitative estimate of drug-likeness (QED) is 0.521. The van der Waals surface area contributed by atoms with Crippen LogP contribution in [0.2, 0.25) is 0 Å². The van der Waals surface area contributed by atoms with Crippen molar-refractivity contribution in [2.24, 2.45) is 0 Å². The predicted octanol–water partition coefficient (Wildman–Crippen LogP) is 0.772. The smallest absolute Gasteiger partial charge is 0.0698 e. The second kappa shape index (κ2) is 2.67. The van der Waals surface area contributed by atoms with Gasteiger partial charge in [0, 0.05) is 12.1 Å². The summed E-state index contributed by atoms with van der Waals surface area (Å²) < 4.78 is 5.44. The largest absolute Gasteiger partial charge is 0.375 e. The summed E-state index contributed by atoms with van der Waals surface area (Å²) in [5, 5.41) is 3.40. The van der Waals surface area contributed by atoms with Crippen molar-refractivity contribution in [1.29, 1.82) is 0 Å². The molecule has 2 nitrogen and oxygen atoms in total. The van der Waals surface area contributed by atoms with Crippen LogP contribution in [0.1, 0.15) is 20.8 Å². The number of ether oxygens (including phenoxy) is 1. The fourth-order valence-corrected chi connectivity index (χ4v) is 1.07. The van der Waals surface area contributed by atoms with E-state index in [1.54, 1.807) is 0 Å². The van der Waals surface area contributed by atoms with Crippen LogP contribution in [0.5, 0.6) is 0 Å². The lowest BCUT2D eigenvalue weighted by molar-refractivity contribution is -0.00764. The lowest BCUT2D eigenvalue weighted by Crippen LogP contribution is -2.50. The summed E-state index contributed by atoms with van der Waals surface area (Å²) in [6.45, 7) is 7.25. The maximum atomic E-state index is 5.44. The van der Waals surface area contributed by atoms with E-state index < -0.39 is 0 Å². The second-order valence-electron chi connectivity index (χ2n) is 2.89. The van der Waals surface area contributed by atoms with E-state index in [-0.39, 0.29) is 0 Å². The standard InChI is InChI=1S/C7H15NO/c1-5-4-9-7(3)6(2)8-5/h5-8H,4H2,1-3H3/t5-,6-,7+/m1/s1. The molecule has 0 amide bonds. The Morgan fingerprint density at radius 3 is 2.44 bits per heavy atom. The molecule has 0 aromatic rings. The summed E-state index contributed by atoms with van der Waals surface area (Å²) in [4.78, 5) is 0. The molecule has 54 valence electrons. The zero-order chi connectivity index (χ0) is 6.85. The lowest BCUT2D eigenvalue weighted by Gasteiger charge is -2.31. The van der Waals surface area contributed by atoms with E-state index in [1.807, 2.05) is 0 Å². The number of hydrogen-bond acceptors (Lipinski definition) is 2. The van der Waals surface area contributed by atoms with Gasteiger partial charge in [-0.25, -0.2) is 0 Å². The first-order valence-corrected chi connectivity index (χ1v) is 3.58. The summed E-state index contributed by atoms with van der Waals surface area (Å²) in [6, 6.07) is 1.03. The normalized spacial score (nSPS) is 45.0. The molecule has 0 aliphatic carbocycles. The highest BCUT2D eigenvalue weighted by molar-refractivity contribution is 4.77.